The van der Waals surface area contributed by atoms with Gasteiger partial charge in [0, 0.05) is 0 Å². The van der Waals surface area contributed by atoms with Crippen LogP contribution in [-0.4, -0.2) is 10.7 Å². The van der Waals surface area contributed by atoms with Gasteiger partial charge in [0.05, 0.1) is 5.60 Å². The van der Waals surface area contributed by atoms with Crippen LogP contribution in [0.25, 0.3) is 0 Å². The molecular weight excluding hydrogens is 268 g/mol. The molecule has 0 bridgehead atoms. The molecule has 0 saturated heterocycles. The van der Waals surface area contributed by atoms with Gasteiger partial charge in [-0.05, 0) is 93.8 Å². The van der Waals surface area contributed by atoms with Crippen molar-refractivity contribution in [2.24, 2.45) is 35.0 Å². The first-order chi connectivity index (χ1) is 10.3. The van der Waals surface area contributed by atoms with Crippen LogP contribution < -0.4 is 0 Å². The molecule has 2 saturated carbocycles. The predicted molar refractivity (Wildman–Crippen MR) is 93.6 cm³/mol. The fraction of sp³-hybridized carbons (Fsp3) is 0.905. The van der Waals surface area contributed by atoms with Crippen molar-refractivity contribution in [3.05, 3.63) is 12.2 Å². The first kappa shape index (κ1) is 16.6. The Balaban J connectivity index is 1.65. The minimum Gasteiger partial charge on any atom is -0.390 e. The molecule has 0 aromatic rings. The van der Waals surface area contributed by atoms with Crippen LogP contribution in [-0.2, 0) is 0 Å². The SMILES string of the molecule is CC1C=CCC2C1CCC1(C)C(CCCC(C)(C)O)CCC21. The number of rotatable bonds is 4. The number of aliphatic hydroxyl groups is 1. The van der Waals surface area contributed by atoms with Crippen molar-refractivity contribution < 1.29 is 5.11 Å². The first-order valence-corrected chi connectivity index (χ1v) is 9.70. The molecule has 2 fully saturated rings. The van der Waals surface area contributed by atoms with Crippen LogP contribution in [0.4, 0.5) is 0 Å². The zero-order valence-corrected chi connectivity index (χ0v) is 15.1. The highest BCUT2D eigenvalue weighted by Crippen LogP contribution is 2.62. The average molecular weight is 305 g/mol. The molecule has 1 heteroatoms. The van der Waals surface area contributed by atoms with Crippen LogP contribution in [0.1, 0.15) is 79.1 Å². The first-order valence-electron chi connectivity index (χ1n) is 9.70. The van der Waals surface area contributed by atoms with Crippen molar-refractivity contribution in [2.45, 2.75) is 84.7 Å². The van der Waals surface area contributed by atoms with Crippen molar-refractivity contribution in [2.75, 3.05) is 0 Å². The molecular formula is C21H36O. The zero-order chi connectivity index (χ0) is 16.0. The van der Waals surface area contributed by atoms with Gasteiger partial charge in [-0.2, -0.15) is 0 Å². The summed E-state index contributed by atoms with van der Waals surface area (Å²) < 4.78 is 0. The van der Waals surface area contributed by atoms with E-state index in [1.54, 1.807) is 0 Å². The lowest BCUT2D eigenvalue weighted by molar-refractivity contribution is -0.00718. The second-order valence-electron chi connectivity index (χ2n) is 9.48. The maximum atomic E-state index is 9.96. The van der Waals surface area contributed by atoms with Gasteiger partial charge in [0.2, 0.25) is 0 Å². The predicted octanol–water partition coefficient (Wildman–Crippen LogP) is 5.58. The summed E-state index contributed by atoms with van der Waals surface area (Å²) in [6.45, 7) is 8.95. The summed E-state index contributed by atoms with van der Waals surface area (Å²) in [5.41, 5.74) is 0.103. The summed E-state index contributed by atoms with van der Waals surface area (Å²) in [5, 5.41) is 9.96. The summed E-state index contributed by atoms with van der Waals surface area (Å²) in [6.07, 6.45) is 15.6. The normalized spacial score (nSPS) is 44.7. The Morgan fingerprint density at radius 3 is 2.68 bits per heavy atom. The minimum atomic E-state index is -0.486. The van der Waals surface area contributed by atoms with Crippen LogP contribution in [0.15, 0.2) is 12.2 Å². The van der Waals surface area contributed by atoms with Gasteiger partial charge in [-0.1, -0.05) is 32.4 Å². The van der Waals surface area contributed by atoms with Crippen LogP contribution in [0, 0.1) is 35.0 Å². The quantitative estimate of drug-likeness (QED) is 0.672. The lowest BCUT2D eigenvalue weighted by Crippen LogP contribution is -2.43. The van der Waals surface area contributed by atoms with Crippen LogP contribution in [0.2, 0.25) is 0 Å². The number of allylic oxidation sites excluding steroid dienone is 2. The fourth-order valence-electron chi connectivity index (χ4n) is 6.27. The van der Waals surface area contributed by atoms with E-state index in [9.17, 15) is 5.11 Å². The van der Waals surface area contributed by atoms with E-state index in [0.717, 1.165) is 36.0 Å². The molecule has 22 heavy (non-hydrogen) atoms. The van der Waals surface area contributed by atoms with E-state index >= 15 is 0 Å². The third-order valence-electron chi connectivity index (χ3n) is 7.55. The molecule has 0 spiro atoms. The van der Waals surface area contributed by atoms with Gasteiger partial charge in [0.15, 0.2) is 0 Å². The highest BCUT2D eigenvalue weighted by Gasteiger charge is 2.53. The fourth-order valence-corrected chi connectivity index (χ4v) is 6.27. The standard InChI is InChI=1S/C21H36O/c1-15-7-5-9-18-17(15)12-14-21(4)16(10-11-19(18)21)8-6-13-20(2,3)22/h5,7,15-19,22H,6,8-14H2,1-4H3. The number of fused-ring (bicyclic) bond motifs is 3. The molecule has 1 N–H and O–H groups in total. The molecule has 0 aliphatic heterocycles. The molecule has 6 atom stereocenters. The maximum absolute atomic E-state index is 9.96. The molecule has 126 valence electrons. The van der Waals surface area contributed by atoms with E-state index in [2.05, 4.69) is 26.0 Å². The molecule has 0 radical (unpaired) electrons. The highest BCUT2D eigenvalue weighted by atomic mass is 16.3. The van der Waals surface area contributed by atoms with Crippen LogP contribution in [0.5, 0.6) is 0 Å². The Labute approximate surface area is 137 Å². The lowest BCUT2D eigenvalue weighted by atomic mass is 9.54. The summed E-state index contributed by atoms with van der Waals surface area (Å²) in [4.78, 5) is 0. The molecule has 0 amide bonds. The van der Waals surface area contributed by atoms with E-state index < -0.39 is 5.60 Å². The molecule has 1 nitrogen and oxygen atoms in total. The van der Waals surface area contributed by atoms with E-state index in [1.165, 1.54) is 44.9 Å². The third-order valence-corrected chi connectivity index (χ3v) is 7.55. The van der Waals surface area contributed by atoms with E-state index in [1.807, 2.05) is 13.8 Å². The number of hydrogen-bond donors (Lipinski definition) is 1. The van der Waals surface area contributed by atoms with Gasteiger partial charge < -0.3 is 5.11 Å². The van der Waals surface area contributed by atoms with Crippen LogP contribution >= 0.6 is 0 Å². The maximum Gasteiger partial charge on any atom is 0.0591 e. The van der Waals surface area contributed by atoms with Gasteiger partial charge in [0.25, 0.3) is 0 Å². The average Bonchev–Trinajstić information content (AvgIpc) is 2.75. The Morgan fingerprint density at radius 1 is 1.18 bits per heavy atom. The zero-order valence-electron chi connectivity index (χ0n) is 15.1. The Bertz CT molecular complexity index is 418. The van der Waals surface area contributed by atoms with E-state index in [-0.39, 0.29) is 0 Å². The highest BCUT2D eigenvalue weighted by molar-refractivity contribution is 5.09. The molecule has 3 rings (SSSR count). The Kier molecular flexibility index (Phi) is 4.49. The van der Waals surface area contributed by atoms with Gasteiger partial charge in [-0.15, -0.1) is 0 Å². The Morgan fingerprint density at radius 2 is 1.95 bits per heavy atom. The summed E-state index contributed by atoms with van der Waals surface area (Å²) in [7, 11) is 0. The lowest BCUT2D eigenvalue weighted by Gasteiger charge is -2.51. The summed E-state index contributed by atoms with van der Waals surface area (Å²) in [5.74, 6) is 4.58. The molecule has 3 aliphatic rings. The van der Waals surface area contributed by atoms with E-state index in [0.29, 0.717) is 5.41 Å². The largest absolute Gasteiger partial charge is 0.390 e. The topological polar surface area (TPSA) is 20.2 Å². The monoisotopic (exact) mass is 304 g/mol. The van der Waals surface area contributed by atoms with Crippen molar-refractivity contribution in [3.8, 4) is 0 Å². The second-order valence-corrected chi connectivity index (χ2v) is 9.48. The van der Waals surface area contributed by atoms with Crippen molar-refractivity contribution >= 4 is 0 Å². The van der Waals surface area contributed by atoms with Crippen LogP contribution in [0.3, 0.4) is 0 Å². The summed E-state index contributed by atoms with van der Waals surface area (Å²) >= 11 is 0. The van der Waals surface area contributed by atoms with Crippen molar-refractivity contribution in [3.63, 3.8) is 0 Å². The molecule has 0 aromatic heterocycles. The smallest absolute Gasteiger partial charge is 0.0591 e. The molecule has 0 heterocycles. The summed E-state index contributed by atoms with van der Waals surface area (Å²) in [6, 6.07) is 0. The minimum absolute atomic E-state index is 0.486. The van der Waals surface area contributed by atoms with E-state index in [4.69, 9.17) is 0 Å². The third kappa shape index (κ3) is 3.03. The molecule has 0 aromatic carbocycles. The van der Waals surface area contributed by atoms with Gasteiger partial charge in [-0.3, -0.25) is 0 Å². The van der Waals surface area contributed by atoms with Crippen molar-refractivity contribution in [1.82, 2.24) is 0 Å². The number of hydrogen-bond acceptors (Lipinski definition) is 1. The second kappa shape index (κ2) is 5.96. The molecule has 6 unspecified atom stereocenters. The van der Waals surface area contributed by atoms with Gasteiger partial charge in [0.1, 0.15) is 0 Å². The van der Waals surface area contributed by atoms with Crippen molar-refractivity contribution in [1.29, 1.82) is 0 Å². The van der Waals surface area contributed by atoms with Gasteiger partial charge >= 0.3 is 0 Å². The van der Waals surface area contributed by atoms with Gasteiger partial charge in [-0.25, -0.2) is 0 Å². The molecule has 3 aliphatic carbocycles. The Hall–Kier alpha value is -0.300.